The minimum absolute atomic E-state index is 0. The second kappa shape index (κ2) is 31.5. The zero-order valence-electron chi connectivity index (χ0n) is 9.08. The number of hydrogen-bond donors (Lipinski definition) is 3. The molecule has 9 N–H and O–H groups in total. The van der Waals surface area contributed by atoms with Gasteiger partial charge in [0, 0.05) is 20.8 Å². The van der Waals surface area contributed by atoms with E-state index in [0.29, 0.717) is 0 Å². The Morgan fingerprint density at radius 3 is 0.500 bits per heavy atom. The molecule has 104 valence electrons. The molecular weight excluding hydrogens is 501 g/mol. The third kappa shape index (κ3) is 1230. The molecule has 0 aromatic carbocycles. The number of hydrogen-bond acceptors (Lipinski definition) is 11. The summed E-state index contributed by atoms with van der Waals surface area (Å²) in [4.78, 5) is 0. The smallest absolute Gasteiger partial charge is 1.00 e. The molecule has 0 atom stereocenters. The number of halogens is 2. The normalized spacial score (nSPS) is 6.44. The molecule has 0 aromatic rings. The standard InChI is InChI=1S/2ClH.3H3N.2H2O4S.3Zn/c;;;;;2*1-5(2,3)4;;;/h2*1H;3*1H3;2*(H2,1,2,3,4);;;/q;;;;;;;3*+2/p-6. The molecule has 0 saturated carbocycles. The Labute approximate surface area is 156 Å². The largest absolute Gasteiger partial charge is 2.00 e. The van der Waals surface area contributed by atoms with Crippen LogP contribution in [0.1, 0.15) is 0 Å². The van der Waals surface area contributed by atoms with Gasteiger partial charge in [-0.1, -0.05) is 0 Å². The Hall–Kier alpha value is 2.07. The summed E-state index contributed by atoms with van der Waals surface area (Å²) in [6.45, 7) is 0. The summed E-state index contributed by atoms with van der Waals surface area (Å²) in [5, 5.41) is 0. The Morgan fingerprint density at radius 1 is 0.500 bits per heavy atom. The molecule has 0 heterocycles. The van der Waals surface area contributed by atoms with E-state index in [1.54, 1.807) is 0 Å². The molecule has 0 aromatic heterocycles. The Balaban J connectivity index is -0.00000000615. The zero-order chi connectivity index (χ0) is 9.00. The second-order valence-corrected chi connectivity index (χ2v) is 2.45. The maximum atomic E-state index is 8.52. The minimum Gasteiger partial charge on any atom is -1.00 e. The van der Waals surface area contributed by atoms with Crippen LogP contribution < -0.4 is 43.3 Å². The van der Waals surface area contributed by atoms with Crippen LogP contribution in [0.5, 0.6) is 0 Å². The van der Waals surface area contributed by atoms with Gasteiger partial charge >= 0.3 is 58.4 Å². The fraction of sp³-hybridized carbons (Fsp3) is 0. The summed E-state index contributed by atoms with van der Waals surface area (Å²) in [6, 6.07) is 0. The molecule has 0 aliphatic heterocycles. The van der Waals surface area contributed by atoms with Gasteiger partial charge in [0.05, 0.1) is 0 Å². The van der Waals surface area contributed by atoms with Crippen LogP contribution in [-0.2, 0) is 79.2 Å². The zero-order valence-corrected chi connectivity index (χ0v) is 21.1. The van der Waals surface area contributed by atoms with Crippen molar-refractivity contribution in [3.63, 3.8) is 0 Å². The first-order chi connectivity index (χ1) is 4.00. The molecule has 18 heteroatoms. The molecule has 0 aliphatic rings. The maximum absolute atomic E-state index is 8.52. The SMILES string of the molecule is N.N.N.O=S(=O)([O-])[O-].O=S(=O)([O-])[O-].[Cl-].[Cl-].[Zn+2].[Zn+2].[Zn+2]. The van der Waals surface area contributed by atoms with Crippen molar-refractivity contribution in [3.05, 3.63) is 0 Å². The van der Waals surface area contributed by atoms with Gasteiger partial charge in [-0.3, -0.25) is 16.8 Å². The first kappa shape index (κ1) is 72.0. The van der Waals surface area contributed by atoms with Crippen LogP contribution in [-0.4, -0.2) is 35.0 Å². The predicted octanol–water partition coefficient (Wildman–Crippen LogP) is -8.19. The molecule has 0 fully saturated rings. The topological polar surface area (TPSA) is 266 Å². The molecule has 0 bridgehead atoms. The van der Waals surface area contributed by atoms with E-state index in [4.69, 9.17) is 35.0 Å². The van der Waals surface area contributed by atoms with Gasteiger partial charge < -0.3 is 61.5 Å². The van der Waals surface area contributed by atoms with Crippen LogP contribution in [0.3, 0.4) is 0 Å². The fourth-order valence-corrected chi connectivity index (χ4v) is 0. The molecule has 0 amide bonds. The van der Waals surface area contributed by atoms with E-state index < -0.39 is 20.8 Å². The Morgan fingerprint density at radius 2 is 0.500 bits per heavy atom. The van der Waals surface area contributed by atoms with Crippen molar-refractivity contribution in [2.45, 2.75) is 0 Å². The van der Waals surface area contributed by atoms with Crippen molar-refractivity contribution < 1.29 is 118 Å². The average molecular weight is 510 g/mol. The van der Waals surface area contributed by atoms with Crippen LogP contribution in [0.4, 0.5) is 0 Å². The quantitative estimate of drug-likeness (QED) is 0.156. The average Bonchev–Trinajstić information content (AvgIpc) is 1.12. The van der Waals surface area contributed by atoms with Crippen LogP contribution in [0, 0.1) is 0 Å². The first-order valence-electron chi connectivity index (χ1n) is 1.33. The third-order valence-electron chi connectivity index (χ3n) is 0. The first-order valence-corrected chi connectivity index (χ1v) is 4.00. The van der Waals surface area contributed by atoms with E-state index in [2.05, 4.69) is 0 Å². The number of rotatable bonds is 0. The fourth-order valence-electron chi connectivity index (χ4n) is 0. The molecule has 0 saturated heterocycles. The van der Waals surface area contributed by atoms with Crippen LogP contribution in [0.15, 0.2) is 0 Å². The maximum Gasteiger partial charge on any atom is 2.00 e. The van der Waals surface area contributed by atoms with Gasteiger partial charge in [0.2, 0.25) is 0 Å². The van der Waals surface area contributed by atoms with Crippen molar-refractivity contribution in [2.75, 3.05) is 0 Å². The van der Waals surface area contributed by atoms with Gasteiger partial charge in [-0.05, 0) is 0 Å². The molecule has 0 unspecified atom stereocenters. The molecule has 0 radical (unpaired) electrons. The minimum atomic E-state index is -5.17. The van der Waals surface area contributed by atoms with E-state index in [-0.39, 0.29) is 102 Å². The van der Waals surface area contributed by atoms with Crippen LogP contribution in [0.2, 0.25) is 0 Å². The monoisotopic (exact) mass is 505 g/mol. The molecule has 0 rings (SSSR count). The van der Waals surface area contributed by atoms with E-state index in [0.717, 1.165) is 0 Å². The van der Waals surface area contributed by atoms with Gasteiger partial charge in [-0.15, -0.1) is 0 Å². The van der Waals surface area contributed by atoms with Crippen molar-refractivity contribution in [3.8, 4) is 0 Å². The van der Waals surface area contributed by atoms with Crippen molar-refractivity contribution >= 4 is 20.8 Å². The Bertz CT molecular complexity index is 234. The molecule has 0 aliphatic carbocycles. The predicted molar refractivity (Wildman–Crippen MR) is 36.0 cm³/mol. The van der Waals surface area contributed by atoms with E-state index in [9.17, 15) is 0 Å². The summed E-state index contributed by atoms with van der Waals surface area (Å²) < 4.78 is 68.2. The van der Waals surface area contributed by atoms with Gasteiger partial charge in [-0.2, -0.15) is 0 Å². The second-order valence-electron chi connectivity index (χ2n) is 0.816. The summed E-state index contributed by atoms with van der Waals surface area (Å²) in [5.74, 6) is 0. The van der Waals surface area contributed by atoms with Crippen LogP contribution >= 0.6 is 0 Å². The van der Waals surface area contributed by atoms with Crippen molar-refractivity contribution in [2.24, 2.45) is 0 Å². The molecule has 18 heavy (non-hydrogen) atoms. The van der Waals surface area contributed by atoms with Gasteiger partial charge in [0.25, 0.3) is 0 Å². The van der Waals surface area contributed by atoms with Crippen molar-refractivity contribution in [1.29, 1.82) is 0 Å². The van der Waals surface area contributed by atoms with E-state index >= 15 is 0 Å². The van der Waals surface area contributed by atoms with Crippen molar-refractivity contribution in [1.82, 2.24) is 18.5 Å². The summed E-state index contributed by atoms with van der Waals surface area (Å²) in [6.07, 6.45) is 0. The molecule has 11 nitrogen and oxygen atoms in total. The molecular formula is H9Cl2N3O8S2Zn3. The van der Waals surface area contributed by atoms with E-state index in [1.165, 1.54) is 0 Å². The summed E-state index contributed by atoms with van der Waals surface area (Å²) >= 11 is 0. The van der Waals surface area contributed by atoms with Gasteiger partial charge in [0.1, 0.15) is 0 Å². The van der Waals surface area contributed by atoms with E-state index in [1.807, 2.05) is 0 Å². The molecule has 0 spiro atoms. The summed E-state index contributed by atoms with van der Waals surface area (Å²) in [5.41, 5.74) is 0. The van der Waals surface area contributed by atoms with Gasteiger partial charge in [-0.25, -0.2) is 0 Å². The third-order valence-corrected chi connectivity index (χ3v) is 0. The van der Waals surface area contributed by atoms with Crippen LogP contribution in [0.25, 0.3) is 0 Å². The Kier molecular flexibility index (Phi) is 126. The van der Waals surface area contributed by atoms with Gasteiger partial charge in [0.15, 0.2) is 0 Å². The summed E-state index contributed by atoms with van der Waals surface area (Å²) in [7, 11) is -10.3.